The molecule has 1 amide bonds. The molecular weight excluding hydrogens is 327 g/mol. The Bertz CT molecular complexity index is 950. The van der Waals surface area contributed by atoms with Crippen molar-refractivity contribution in [2.45, 2.75) is 19.5 Å². The van der Waals surface area contributed by atoms with Crippen LogP contribution in [-0.2, 0) is 11.3 Å². The lowest BCUT2D eigenvalue weighted by atomic mass is 10.0. The first-order chi connectivity index (χ1) is 12.6. The molecule has 1 heterocycles. The van der Waals surface area contributed by atoms with Crippen molar-refractivity contribution in [3.8, 4) is 0 Å². The fourth-order valence-electron chi connectivity index (χ4n) is 3.66. The zero-order valence-corrected chi connectivity index (χ0v) is 14.7. The van der Waals surface area contributed by atoms with Gasteiger partial charge in [0.25, 0.3) is 0 Å². The second-order valence-corrected chi connectivity index (χ2v) is 6.73. The average Bonchev–Trinajstić information content (AvgIpc) is 2.67. The molecule has 1 fully saturated rings. The van der Waals surface area contributed by atoms with Crippen molar-refractivity contribution in [2.75, 3.05) is 18.0 Å². The summed E-state index contributed by atoms with van der Waals surface area (Å²) >= 11 is 0. The largest absolute Gasteiger partial charge is 0.309 e. The van der Waals surface area contributed by atoms with Gasteiger partial charge in [0.1, 0.15) is 5.82 Å². The van der Waals surface area contributed by atoms with E-state index in [0.717, 1.165) is 16.5 Å². The molecule has 3 aromatic carbocycles. The highest BCUT2D eigenvalue weighted by molar-refractivity contribution is 6.05. The van der Waals surface area contributed by atoms with Crippen LogP contribution in [-0.4, -0.2) is 29.9 Å². The highest BCUT2D eigenvalue weighted by atomic mass is 19.1. The Morgan fingerprint density at radius 1 is 0.962 bits per heavy atom. The summed E-state index contributed by atoms with van der Waals surface area (Å²) in [6.07, 6.45) is 0. The van der Waals surface area contributed by atoms with Gasteiger partial charge in [0.2, 0.25) is 5.91 Å². The van der Waals surface area contributed by atoms with E-state index in [1.54, 1.807) is 12.1 Å². The highest BCUT2D eigenvalue weighted by Crippen LogP contribution is 2.29. The number of carbonyl (C=O) groups is 1. The van der Waals surface area contributed by atoms with Crippen LogP contribution in [0.3, 0.4) is 0 Å². The minimum atomic E-state index is -0.290. The monoisotopic (exact) mass is 348 g/mol. The second kappa shape index (κ2) is 6.89. The summed E-state index contributed by atoms with van der Waals surface area (Å²) in [6.45, 7) is 3.67. The standard InChI is InChI=1S/C22H21FN2O/c1-16-22(26)25(21-12-6-9-17-7-2-4-10-19(17)21)14-13-24(16)15-18-8-3-5-11-20(18)23/h2-12,16H,13-15H2,1H3/t16-/m1/s1. The maximum absolute atomic E-state index is 14.0. The van der Waals surface area contributed by atoms with Crippen LogP contribution in [0.5, 0.6) is 0 Å². The molecule has 3 nitrogen and oxygen atoms in total. The van der Waals surface area contributed by atoms with Crippen LogP contribution in [0.1, 0.15) is 12.5 Å². The predicted molar refractivity (Wildman–Crippen MR) is 103 cm³/mol. The molecule has 1 saturated heterocycles. The Balaban J connectivity index is 1.59. The van der Waals surface area contributed by atoms with Gasteiger partial charge in [-0.2, -0.15) is 0 Å². The van der Waals surface area contributed by atoms with Gasteiger partial charge in [-0.1, -0.05) is 54.6 Å². The van der Waals surface area contributed by atoms with Gasteiger partial charge >= 0.3 is 0 Å². The van der Waals surface area contributed by atoms with Crippen LogP contribution in [0.4, 0.5) is 10.1 Å². The minimum Gasteiger partial charge on any atom is -0.309 e. The number of nitrogens with zero attached hydrogens (tertiary/aromatic N) is 2. The van der Waals surface area contributed by atoms with Crippen molar-refractivity contribution >= 4 is 22.4 Å². The Morgan fingerprint density at radius 3 is 2.54 bits per heavy atom. The highest BCUT2D eigenvalue weighted by Gasteiger charge is 2.33. The number of amides is 1. The van der Waals surface area contributed by atoms with Gasteiger partial charge in [0, 0.05) is 30.6 Å². The zero-order chi connectivity index (χ0) is 18.1. The number of piperazine rings is 1. The number of benzene rings is 3. The number of halogens is 1. The molecular formula is C22H21FN2O. The quantitative estimate of drug-likeness (QED) is 0.708. The van der Waals surface area contributed by atoms with Gasteiger partial charge in [0.05, 0.1) is 11.7 Å². The third-order valence-corrected chi connectivity index (χ3v) is 5.17. The first-order valence-electron chi connectivity index (χ1n) is 8.92. The van der Waals surface area contributed by atoms with Crippen molar-refractivity contribution in [3.05, 3.63) is 78.1 Å². The topological polar surface area (TPSA) is 23.6 Å². The second-order valence-electron chi connectivity index (χ2n) is 6.73. The maximum Gasteiger partial charge on any atom is 0.244 e. The first kappa shape index (κ1) is 16.7. The molecule has 1 atom stereocenters. The molecule has 0 aliphatic carbocycles. The van der Waals surface area contributed by atoms with Crippen molar-refractivity contribution in [1.82, 2.24) is 4.90 Å². The molecule has 0 unspecified atom stereocenters. The van der Waals surface area contributed by atoms with E-state index in [9.17, 15) is 9.18 Å². The van der Waals surface area contributed by atoms with Crippen LogP contribution >= 0.6 is 0 Å². The van der Waals surface area contributed by atoms with E-state index in [1.165, 1.54) is 6.07 Å². The molecule has 0 saturated carbocycles. The summed E-state index contributed by atoms with van der Waals surface area (Å²) in [7, 11) is 0. The van der Waals surface area contributed by atoms with Crippen molar-refractivity contribution < 1.29 is 9.18 Å². The summed E-state index contributed by atoms with van der Waals surface area (Å²) in [5, 5.41) is 2.21. The number of rotatable bonds is 3. The van der Waals surface area contributed by atoms with Gasteiger partial charge < -0.3 is 4.90 Å². The Morgan fingerprint density at radius 2 is 1.69 bits per heavy atom. The summed E-state index contributed by atoms with van der Waals surface area (Å²) < 4.78 is 14.0. The van der Waals surface area contributed by atoms with E-state index in [4.69, 9.17) is 0 Å². The molecule has 132 valence electrons. The molecule has 3 aromatic rings. The minimum absolute atomic E-state index is 0.0592. The maximum atomic E-state index is 14.0. The third kappa shape index (κ3) is 2.97. The van der Waals surface area contributed by atoms with Crippen molar-refractivity contribution in [2.24, 2.45) is 0 Å². The fourth-order valence-corrected chi connectivity index (χ4v) is 3.66. The van der Waals surface area contributed by atoms with E-state index in [2.05, 4.69) is 12.1 Å². The van der Waals surface area contributed by atoms with Gasteiger partial charge in [-0.3, -0.25) is 9.69 Å². The zero-order valence-electron chi connectivity index (χ0n) is 14.7. The normalized spacial score (nSPS) is 18.5. The van der Waals surface area contributed by atoms with Crippen LogP contribution in [0, 0.1) is 5.82 Å². The lowest BCUT2D eigenvalue weighted by Gasteiger charge is -2.39. The number of hydrogen-bond donors (Lipinski definition) is 0. The van der Waals surface area contributed by atoms with E-state index in [-0.39, 0.29) is 17.8 Å². The van der Waals surface area contributed by atoms with Gasteiger partial charge in [0.15, 0.2) is 0 Å². The van der Waals surface area contributed by atoms with Gasteiger partial charge in [-0.25, -0.2) is 4.39 Å². The lowest BCUT2D eigenvalue weighted by Crippen LogP contribution is -2.55. The third-order valence-electron chi connectivity index (χ3n) is 5.17. The van der Waals surface area contributed by atoms with Crippen LogP contribution in [0.25, 0.3) is 10.8 Å². The van der Waals surface area contributed by atoms with Crippen molar-refractivity contribution in [3.63, 3.8) is 0 Å². The molecule has 0 aromatic heterocycles. The number of hydrogen-bond acceptors (Lipinski definition) is 2. The fraction of sp³-hybridized carbons (Fsp3) is 0.227. The van der Waals surface area contributed by atoms with E-state index < -0.39 is 0 Å². The Kier molecular flexibility index (Phi) is 4.43. The van der Waals surface area contributed by atoms with Crippen LogP contribution in [0.15, 0.2) is 66.7 Å². The van der Waals surface area contributed by atoms with Gasteiger partial charge in [-0.05, 0) is 24.4 Å². The van der Waals surface area contributed by atoms with Gasteiger partial charge in [-0.15, -0.1) is 0 Å². The van der Waals surface area contributed by atoms with Crippen molar-refractivity contribution in [1.29, 1.82) is 0 Å². The first-order valence-corrected chi connectivity index (χ1v) is 8.92. The van der Waals surface area contributed by atoms with Crippen LogP contribution in [0.2, 0.25) is 0 Å². The smallest absolute Gasteiger partial charge is 0.244 e. The Hall–Kier alpha value is -2.72. The molecule has 0 N–H and O–H groups in total. The molecule has 1 aliphatic heterocycles. The van der Waals surface area contributed by atoms with E-state index >= 15 is 0 Å². The number of carbonyl (C=O) groups excluding carboxylic acids is 1. The summed E-state index contributed by atoms with van der Waals surface area (Å²) in [5.41, 5.74) is 1.58. The molecule has 0 spiro atoms. The molecule has 1 aliphatic rings. The van der Waals surface area contributed by atoms with E-state index in [0.29, 0.717) is 25.2 Å². The van der Waals surface area contributed by atoms with E-state index in [1.807, 2.05) is 53.1 Å². The molecule has 4 heteroatoms. The number of fused-ring (bicyclic) bond motifs is 1. The Labute approximate surface area is 152 Å². The predicted octanol–water partition coefficient (Wildman–Crippen LogP) is 4.22. The summed E-state index contributed by atoms with van der Waals surface area (Å²) in [5.74, 6) is -0.160. The lowest BCUT2D eigenvalue weighted by molar-refractivity contribution is -0.125. The summed E-state index contributed by atoms with van der Waals surface area (Å²) in [6, 6.07) is 20.6. The van der Waals surface area contributed by atoms with Crippen LogP contribution < -0.4 is 4.90 Å². The SMILES string of the molecule is C[C@@H]1C(=O)N(c2cccc3ccccc23)CCN1Cc1ccccc1F. The molecule has 0 radical (unpaired) electrons. The summed E-state index contributed by atoms with van der Waals surface area (Å²) in [4.78, 5) is 17.0. The molecule has 4 rings (SSSR count). The average molecular weight is 348 g/mol. The molecule has 26 heavy (non-hydrogen) atoms. The molecule has 0 bridgehead atoms. The number of anilines is 1.